The second-order valence-corrected chi connectivity index (χ2v) is 4.37. The van der Waals surface area contributed by atoms with E-state index < -0.39 is 0 Å². The van der Waals surface area contributed by atoms with Gasteiger partial charge in [-0.3, -0.25) is 9.69 Å². The Labute approximate surface area is 95.7 Å². The lowest BCUT2D eigenvalue weighted by Crippen LogP contribution is -2.42. The van der Waals surface area contributed by atoms with Gasteiger partial charge in [-0.15, -0.1) is 0 Å². The normalized spacial score (nSPS) is 22.3. The number of hydrogen-bond donors (Lipinski definition) is 0. The topological polar surface area (TPSA) is 46.1 Å². The Kier molecular flexibility index (Phi) is 3.62. The van der Waals surface area contributed by atoms with Gasteiger partial charge in [-0.05, 0) is 18.9 Å². The molecule has 1 aliphatic rings. The molecule has 0 aromatic carbocycles. The summed E-state index contributed by atoms with van der Waals surface area (Å²) in [5.74, 6) is 0.395. The van der Waals surface area contributed by atoms with Gasteiger partial charge in [0.15, 0.2) is 0 Å². The van der Waals surface area contributed by atoms with Crippen molar-refractivity contribution in [3.8, 4) is 0 Å². The lowest BCUT2D eigenvalue weighted by molar-refractivity contribution is -0.122. The van der Waals surface area contributed by atoms with E-state index in [1.807, 2.05) is 12.4 Å². The van der Waals surface area contributed by atoms with Crippen LogP contribution < -0.4 is 0 Å². The third-order valence-corrected chi connectivity index (χ3v) is 3.13. The highest BCUT2D eigenvalue weighted by molar-refractivity contribution is 5.79. The van der Waals surface area contributed by atoms with Crippen molar-refractivity contribution in [2.75, 3.05) is 13.1 Å². The molecule has 0 bridgehead atoms. The fourth-order valence-electron chi connectivity index (χ4n) is 2.11. The van der Waals surface area contributed by atoms with Crippen LogP contribution >= 0.6 is 0 Å². The third kappa shape index (κ3) is 2.85. The van der Waals surface area contributed by atoms with Crippen LogP contribution in [0.25, 0.3) is 0 Å². The van der Waals surface area contributed by atoms with Crippen molar-refractivity contribution in [3.05, 3.63) is 24.3 Å². The molecule has 0 spiro atoms. The highest BCUT2D eigenvalue weighted by Gasteiger charge is 2.22. The molecule has 0 unspecified atom stereocenters. The van der Waals surface area contributed by atoms with Crippen molar-refractivity contribution in [2.45, 2.75) is 32.2 Å². The van der Waals surface area contributed by atoms with Gasteiger partial charge in [0, 0.05) is 44.4 Å². The van der Waals surface area contributed by atoms with Crippen molar-refractivity contribution >= 4 is 5.78 Å². The van der Waals surface area contributed by atoms with Gasteiger partial charge in [-0.2, -0.15) is 0 Å². The number of carbonyl (C=O) groups is 1. The van der Waals surface area contributed by atoms with Crippen molar-refractivity contribution in [2.24, 2.45) is 0 Å². The smallest absolute Gasteiger partial charge is 0.135 e. The molecule has 2 rings (SSSR count). The first-order chi connectivity index (χ1) is 7.75. The predicted molar refractivity (Wildman–Crippen MR) is 61.0 cm³/mol. The minimum absolute atomic E-state index is 0.380. The molecule has 4 nitrogen and oxygen atoms in total. The van der Waals surface area contributed by atoms with Gasteiger partial charge in [-0.1, -0.05) is 0 Å². The van der Waals surface area contributed by atoms with Crippen molar-refractivity contribution < 1.29 is 4.79 Å². The number of ketones is 1. The summed E-state index contributed by atoms with van der Waals surface area (Å²) in [6.07, 6.45) is 7.62. The van der Waals surface area contributed by atoms with Crippen LogP contribution in [0.1, 0.15) is 25.3 Å². The highest BCUT2D eigenvalue weighted by atomic mass is 16.1. The van der Waals surface area contributed by atoms with Gasteiger partial charge in [0.25, 0.3) is 0 Å². The van der Waals surface area contributed by atoms with E-state index in [4.69, 9.17) is 0 Å². The Morgan fingerprint density at radius 3 is 2.88 bits per heavy atom. The second-order valence-electron chi connectivity index (χ2n) is 4.37. The Balaban J connectivity index is 1.84. The zero-order valence-electron chi connectivity index (χ0n) is 9.59. The molecule has 1 fully saturated rings. The van der Waals surface area contributed by atoms with E-state index in [1.54, 1.807) is 6.33 Å². The molecule has 0 saturated carbocycles. The van der Waals surface area contributed by atoms with Gasteiger partial charge in [0.1, 0.15) is 12.1 Å². The standard InChI is InChI=1S/C12H17N3O/c1-10-6-12(16)3-5-15(10)4-2-11-7-13-9-14-8-11/h7-10H,2-6H2,1H3/t10-/m0/s1. The molecule has 0 radical (unpaired) electrons. The summed E-state index contributed by atoms with van der Waals surface area (Å²) in [7, 11) is 0. The minimum Gasteiger partial charge on any atom is -0.300 e. The number of nitrogens with zero attached hydrogens (tertiary/aromatic N) is 3. The van der Waals surface area contributed by atoms with Crippen LogP contribution in [0.2, 0.25) is 0 Å². The SMILES string of the molecule is C[C@H]1CC(=O)CCN1CCc1cncnc1. The van der Waals surface area contributed by atoms with Crippen LogP contribution in [0, 0.1) is 0 Å². The zero-order chi connectivity index (χ0) is 11.4. The number of carbonyl (C=O) groups excluding carboxylic acids is 1. The monoisotopic (exact) mass is 219 g/mol. The van der Waals surface area contributed by atoms with E-state index in [0.29, 0.717) is 24.7 Å². The fraction of sp³-hybridized carbons (Fsp3) is 0.583. The van der Waals surface area contributed by atoms with E-state index in [-0.39, 0.29) is 0 Å². The van der Waals surface area contributed by atoms with E-state index in [0.717, 1.165) is 25.1 Å². The van der Waals surface area contributed by atoms with E-state index in [9.17, 15) is 4.79 Å². The van der Waals surface area contributed by atoms with Gasteiger partial charge in [0.05, 0.1) is 0 Å². The number of likely N-dealkylation sites (tertiary alicyclic amines) is 1. The maximum atomic E-state index is 11.2. The second kappa shape index (κ2) is 5.16. The van der Waals surface area contributed by atoms with Crippen LogP contribution in [-0.2, 0) is 11.2 Å². The molecule has 86 valence electrons. The molecular weight excluding hydrogens is 202 g/mol. The van der Waals surface area contributed by atoms with Crippen LogP contribution in [0.15, 0.2) is 18.7 Å². The van der Waals surface area contributed by atoms with Gasteiger partial charge in [0.2, 0.25) is 0 Å². The largest absolute Gasteiger partial charge is 0.300 e. The number of aromatic nitrogens is 2. The Morgan fingerprint density at radius 2 is 2.19 bits per heavy atom. The van der Waals surface area contributed by atoms with Gasteiger partial charge in [-0.25, -0.2) is 9.97 Å². The number of Topliss-reactive ketones (excluding diaryl/α,β-unsaturated/α-hetero) is 1. The van der Waals surface area contributed by atoms with Gasteiger partial charge < -0.3 is 0 Å². The Morgan fingerprint density at radius 1 is 1.44 bits per heavy atom. The van der Waals surface area contributed by atoms with Crippen molar-refractivity contribution in [1.29, 1.82) is 0 Å². The van der Waals surface area contributed by atoms with Gasteiger partial charge >= 0.3 is 0 Å². The van der Waals surface area contributed by atoms with Crippen LogP contribution in [0.4, 0.5) is 0 Å². The zero-order valence-corrected chi connectivity index (χ0v) is 9.59. The van der Waals surface area contributed by atoms with E-state index in [1.165, 1.54) is 0 Å². The summed E-state index contributed by atoms with van der Waals surface area (Å²) < 4.78 is 0. The van der Waals surface area contributed by atoms with Crippen LogP contribution in [0.3, 0.4) is 0 Å². The molecule has 1 saturated heterocycles. The summed E-state index contributed by atoms with van der Waals surface area (Å²) >= 11 is 0. The van der Waals surface area contributed by atoms with Crippen molar-refractivity contribution in [1.82, 2.24) is 14.9 Å². The maximum Gasteiger partial charge on any atom is 0.135 e. The first kappa shape index (κ1) is 11.2. The molecule has 1 atom stereocenters. The average Bonchev–Trinajstić information content (AvgIpc) is 2.29. The van der Waals surface area contributed by atoms with E-state index in [2.05, 4.69) is 21.8 Å². The fourth-order valence-corrected chi connectivity index (χ4v) is 2.11. The first-order valence-electron chi connectivity index (χ1n) is 5.75. The molecule has 4 heteroatoms. The predicted octanol–water partition coefficient (Wildman–Crippen LogP) is 1.07. The molecule has 2 heterocycles. The Bertz CT molecular complexity index is 353. The lowest BCUT2D eigenvalue weighted by atomic mass is 10.0. The molecule has 0 aliphatic carbocycles. The summed E-state index contributed by atoms with van der Waals surface area (Å²) in [5, 5.41) is 0. The van der Waals surface area contributed by atoms with Crippen LogP contribution in [-0.4, -0.2) is 39.8 Å². The number of piperidine rings is 1. The first-order valence-corrected chi connectivity index (χ1v) is 5.75. The Hall–Kier alpha value is -1.29. The molecule has 1 aromatic rings. The molecule has 16 heavy (non-hydrogen) atoms. The molecule has 1 aromatic heterocycles. The molecule has 0 amide bonds. The van der Waals surface area contributed by atoms with Crippen molar-refractivity contribution in [3.63, 3.8) is 0 Å². The summed E-state index contributed by atoms with van der Waals surface area (Å²) in [6.45, 7) is 4.01. The highest BCUT2D eigenvalue weighted by Crippen LogP contribution is 2.14. The third-order valence-electron chi connectivity index (χ3n) is 3.13. The summed E-state index contributed by atoms with van der Waals surface area (Å²) in [6, 6.07) is 0.380. The van der Waals surface area contributed by atoms with E-state index >= 15 is 0 Å². The number of hydrogen-bond acceptors (Lipinski definition) is 4. The average molecular weight is 219 g/mol. The lowest BCUT2D eigenvalue weighted by Gasteiger charge is -2.32. The molecule has 0 N–H and O–H groups in total. The molecule has 1 aliphatic heterocycles. The molecular formula is C12H17N3O. The maximum absolute atomic E-state index is 11.2. The van der Waals surface area contributed by atoms with Crippen LogP contribution in [0.5, 0.6) is 0 Å². The quantitative estimate of drug-likeness (QED) is 0.763. The number of rotatable bonds is 3. The summed E-state index contributed by atoms with van der Waals surface area (Å²) in [5.41, 5.74) is 1.16. The minimum atomic E-state index is 0.380. The summed E-state index contributed by atoms with van der Waals surface area (Å²) in [4.78, 5) is 21.6.